The maximum absolute atomic E-state index is 12.2. The lowest BCUT2D eigenvalue weighted by Gasteiger charge is -2.21. The van der Waals surface area contributed by atoms with E-state index in [1.807, 2.05) is 6.07 Å². The van der Waals surface area contributed by atoms with Crippen LogP contribution in [0.15, 0.2) is 24.3 Å². The fraction of sp³-hybridized carbons (Fsp3) is 0.375. The Morgan fingerprint density at radius 1 is 1.42 bits per heavy atom. The molecule has 1 aliphatic heterocycles. The van der Waals surface area contributed by atoms with E-state index in [2.05, 4.69) is 10.7 Å². The van der Waals surface area contributed by atoms with Gasteiger partial charge in [-0.3, -0.25) is 15.0 Å². The van der Waals surface area contributed by atoms with Gasteiger partial charge in [0.25, 0.3) is 11.8 Å². The number of benzene rings is 1. The van der Waals surface area contributed by atoms with Crippen molar-refractivity contribution in [2.24, 2.45) is 0 Å². The molecule has 4 amide bonds. The molecule has 1 saturated heterocycles. The topological polar surface area (TPSA) is 112 Å². The largest absolute Gasteiger partial charge is 0.481 e. The van der Waals surface area contributed by atoms with Crippen LogP contribution in [0.4, 0.5) is 4.79 Å². The first-order valence-electron chi connectivity index (χ1n) is 7.44. The Morgan fingerprint density at radius 2 is 2.04 bits per heavy atom. The summed E-state index contributed by atoms with van der Waals surface area (Å²) in [6, 6.07) is 7.54. The van der Waals surface area contributed by atoms with Crippen molar-refractivity contribution >= 4 is 17.8 Å². The molecule has 2 atom stereocenters. The molecule has 1 aromatic carbocycles. The predicted molar refractivity (Wildman–Crippen MR) is 83.5 cm³/mol. The van der Waals surface area contributed by atoms with Gasteiger partial charge < -0.3 is 10.1 Å². The number of hydrazine groups is 1. The Balaban J connectivity index is 2.00. The van der Waals surface area contributed by atoms with Gasteiger partial charge in [0.1, 0.15) is 11.3 Å². The highest BCUT2D eigenvalue weighted by Crippen LogP contribution is 2.19. The van der Waals surface area contributed by atoms with Gasteiger partial charge in [0.2, 0.25) is 0 Å². The van der Waals surface area contributed by atoms with Gasteiger partial charge >= 0.3 is 6.03 Å². The number of ether oxygens (including phenoxy) is 1. The van der Waals surface area contributed by atoms with Gasteiger partial charge in [0, 0.05) is 0 Å². The Morgan fingerprint density at radius 3 is 2.54 bits per heavy atom. The summed E-state index contributed by atoms with van der Waals surface area (Å²) in [5.74, 6) is -0.760. The number of nitriles is 1. The third-order valence-corrected chi connectivity index (χ3v) is 3.86. The number of amides is 4. The molecule has 1 fully saturated rings. The van der Waals surface area contributed by atoms with E-state index >= 15 is 0 Å². The summed E-state index contributed by atoms with van der Waals surface area (Å²) in [6.07, 6.45) is -0.534. The zero-order valence-corrected chi connectivity index (χ0v) is 13.6. The molecule has 2 N–H and O–H groups in total. The second-order valence-electron chi connectivity index (χ2n) is 5.63. The summed E-state index contributed by atoms with van der Waals surface area (Å²) in [4.78, 5) is 36.2. The van der Waals surface area contributed by atoms with Crippen molar-refractivity contribution in [1.29, 1.82) is 5.26 Å². The highest BCUT2D eigenvalue weighted by Gasteiger charge is 2.47. The lowest BCUT2D eigenvalue weighted by molar-refractivity contribution is -0.141. The Bertz CT molecular complexity index is 710. The molecule has 0 unspecified atom stereocenters. The Kier molecular flexibility index (Phi) is 4.74. The molecule has 2 rings (SSSR count). The minimum atomic E-state index is -1.03. The fourth-order valence-electron chi connectivity index (χ4n) is 2.09. The average molecular weight is 330 g/mol. The Hall–Kier alpha value is -3.08. The summed E-state index contributed by atoms with van der Waals surface area (Å²) in [6.45, 7) is 4.85. The maximum Gasteiger partial charge on any atom is 0.344 e. The van der Waals surface area contributed by atoms with E-state index in [-0.39, 0.29) is 0 Å². The van der Waals surface area contributed by atoms with Crippen molar-refractivity contribution in [3.8, 4) is 11.8 Å². The molecule has 0 radical (unpaired) electrons. The zero-order chi connectivity index (χ0) is 17.9. The number of nitrogens with one attached hydrogen (secondary N) is 2. The first-order valence-corrected chi connectivity index (χ1v) is 7.44. The molecular formula is C16H18N4O4. The molecule has 8 heteroatoms. The second-order valence-corrected chi connectivity index (χ2v) is 5.63. The van der Waals surface area contributed by atoms with Gasteiger partial charge in [-0.05, 0) is 44.5 Å². The number of urea groups is 1. The summed E-state index contributed by atoms with van der Waals surface area (Å²) >= 11 is 0. The van der Waals surface area contributed by atoms with E-state index in [4.69, 9.17) is 10.00 Å². The van der Waals surface area contributed by atoms with Crippen LogP contribution < -0.4 is 15.5 Å². The van der Waals surface area contributed by atoms with Crippen LogP contribution in [0.25, 0.3) is 0 Å². The van der Waals surface area contributed by atoms with E-state index in [0.717, 1.165) is 0 Å². The summed E-state index contributed by atoms with van der Waals surface area (Å²) < 4.78 is 5.44. The summed E-state index contributed by atoms with van der Waals surface area (Å²) in [7, 11) is 0. The van der Waals surface area contributed by atoms with Crippen LogP contribution in [0.3, 0.4) is 0 Å². The molecule has 24 heavy (non-hydrogen) atoms. The molecule has 1 aliphatic rings. The zero-order valence-electron chi connectivity index (χ0n) is 13.6. The third-order valence-electron chi connectivity index (χ3n) is 3.86. The van der Waals surface area contributed by atoms with Gasteiger partial charge in [-0.15, -0.1) is 0 Å². The Labute approximate surface area is 139 Å². The molecular weight excluding hydrogens is 312 g/mol. The molecule has 126 valence electrons. The van der Waals surface area contributed by atoms with Crippen LogP contribution >= 0.6 is 0 Å². The molecule has 8 nitrogen and oxygen atoms in total. The van der Waals surface area contributed by atoms with Crippen molar-refractivity contribution < 1.29 is 19.1 Å². The number of hydrogen-bond acceptors (Lipinski definition) is 5. The quantitative estimate of drug-likeness (QED) is 0.785. The molecule has 0 aliphatic carbocycles. The normalized spacial score (nSPS) is 21.0. The number of nitrogens with zero attached hydrogens (tertiary/aromatic N) is 2. The molecule has 0 aromatic heterocycles. The average Bonchev–Trinajstić information content (AvgIpc) is 2.79. The smallest absolute Gasteiger partial charge is 0.344 e. The number of imide groups is 1. The van der Waals surface area contributed by atoms with E-state index in [1.54, 1.807) is 38.1 Å². The van der Waals surface area contributed by atoms with Crippen LogP contribution in [-0.4, -0.2) is 34.5 Å². The van der Waals surface area contributed by atoms with E-state index in [1.165, 1.54) is 6.92 Å². The molecule has 1 heterocycles. The SMILES string of the molecule is CC[C@]1(C)NC(=O)N(NC(=O)[C@@H](C)Oc2ccc(C#N)cc2)C1=O. The van der Waals surface area contributed by atoms with Gasteiger partial charge in [-0.2, -0.15) is 10.3 Å². The second kappa shape index (κ2) is 6.58. The van der Waals surface area contributed by atoms with Crippen LogP contribution in [0.2, 0.25) is 0 Å². The molecule has 0 spiro atoms. The first-order chi connectivity index (χ1) is 11.3. The van der Waals surface area contributed by atoms with Gasteiger partial charge in [0.05, 0.1) is 11.6 Å². The minimum absolute atomic E-state index is 0.396. The highest BCUT2D eigenvalue weighted by atomic mass is 16.5. The van der Waals surface area contributed by atoms with Gasteiger partial charge in [-0.25, -0.2) is 4.79 Å². The van der Waals surface area contributed by atoms with Gasteiger partial charge in [0.15, 0.2) is 6.10 Å². The van der Waals surface area contributed by atoms with E-state index in [0.29, 0.717) is 22.7 Å². The van der Waals surface area contributed by atoms with Crippen molar-refractivity contribution in [3.63, 3.8) is 0 Å². The fourth-order valence-corrected chi connectivity index (χ4v) is 2.09. The molecule has 0 bridgehead atoms. The monoisotopic (exact) mass is 330 g/mol. The lowest BCUT2D eigenvalue weighted by atomic mass is 10.00. The van der Waals surface area contributed by atoms with Crippen LogP contribution in [-0.2, 0) is 9.59 Å². The van der Waals surface area contributed by atoms with Crippen molar-refractivity contribution in [2.75, 3.05) is 0 Å². The first kappa shape index (κ1) is 17.3. The number of carbonyl (C=O) groups is 3. The summed E-state index contributed by atoms with van der Waals surface area (Å²) in [5.41, 5.74) is 1.71. The molecule has 0 saturated carbocycles. The van der Waals surface area contributed by atoms with E-state index < -0.39 is 29.5 Å². The van der Waals surface area contributed by atoms with Crippen molar-refractivity contribution in [2.45, 2.75) is 38.8 Å². The predicted octanol–water partition coefficient (Wildman–Crippen LogP) is 1.08. The summed E-state index contributed by atoms with van der Waals surface area (Å²) in [5, 5.41) is 11.9. The van der Waals surface area contributed by atoms with Crippen LogP contribution in [0, 0.1) is 11.3 Å². The number of hydrogen-bond donors (Lipinski definition) is 2. The van der Waals surface area contributed by atoms with Crippen molar-refractivity contribution in [1.82, 2.24) is 15.8 Å². The number of rotatable bonds is 5. The standard InChI is InChI=1S/C16H18N4O4/c1-4-16(3)14(22)20(15(23)18-16)19-13(21)10(2)24-12-7-5-11(9-17)6-8-12/h5-8,10H,4H2,1-3H3,(H,18,23)(H,19,21)/t10-,16+/m1/s1. The minimum Gasteiger partial charge on any atom is -0.481 e. The highest BCUT2D eigenvalue weighted by molar-refractivity contribution is 6.07. The van der Waals surface area contributed by atoms with E-state index in [9.17, 15) is 14.4 Å². The molecule has 1 aromatic rings. The van der Waals surface area contributed by atoms with Crippen LogP contribution in [0.1, 0.15) is 32.8 Å². The third kappa shape index (κ3) is 3.30. The number of carbonyl (C=O) groups excluding carboxylic acids is 3. The van der Waals surface area contributed by atoms with Crippen LogP contribution in [0.5, 0.6) is 5.75 Å². The van der Waals surface area contributed by atoms with Gasteiger partial charge in [-0.1, -0.05) is 6.92 Å². The van der Waals surface area contributed by atoms with Crippen molar-refractivity contribution in [3.05, 3.63) is 29.8 Å². The lowest BCUT2D eigenvalue weighted by Crippen LogP contribution is -2.51. The maximum atomic E-state index is 12.2.